The van der Waals surface area contributed by atoms with Crippen LogP contribution in [0.3, 0.4) is 0 Å². The van der Waals surface area contributed by atoms with Gasteiger partial charge >= 0.3 is 0 Å². The van der Waals surface area contributed by atoms with Gasteiger partial charge in [0.1, 0.15) is 5.69 Å². The van der Waals surface area contributed by atoms with Gasteiger partial charge in [-0.2, -0.15) is 10.2 Å². The van der Waals surface area contributed by atoms with Crippen molar-refractivity contribution in [2.45, 2.75) is 4.90 Å². The first kappa shape index (κ1) is 14.7. The highest BCUT2D eigenvalue weighted by atomic mass is 32.2. The second kappa shape index (κ2) is 7.66. The Kier molecular flexibility index (Phi) is 5.10. The largest absolute Gasteiger partial charge is 0.505 e. The molecule has 0 amide bonds. The fourth-order valence-corrected chi connectivity index (χ4v) is 2.35. The molecule has 2 aromatic rings. The van der Waals surface area contributed by atoms with Crippen LogP contribution in [0.1, 0.15) is 0 Å². The number of nitrogens with one attached hydrogen (secondary N) is 2. The van der Waals surface area contributed by atoms with Gasteiger partial charge in [-0.15, -0.1) is 9.45 Å². The molecule has 0 bridgehead atoms. The molecule has 2 rings (SSSR count). The number of azo groups is 1. The molecule has 0 unspecified atom stereocenters. The Labute approximate surface area is 131 Å². The summed E-state index contributed by atoms with van der Waals surface area (Å²) in [5.74, 6) is -0.110. The van der Waals surface area contributed by atoms with E-state index in [0.29, 0.717) is 22.3 Å². The maximum absolute atomic E-state index is 10.4. The van der Waals surface area contributed by atoms with E-state index < -0.39 is 0 Å². The van der Waals surface area contributed by atoms with Crippen molar-refractivity contribution in [2.75, 3.05) is 19.0 Å². The summed E-state index contributed by atoms with van der Waals surface area (Å²) in [6, 6.07) is 7.06. The van der Waals surface area contributed by atoms with Crippen molar-refractivity contribution in [3.8, 4) is 5.75 Å². The predicted molar refractivity (Wildman–Crippen MR) is 80.3 cm³/mol. The van der Waals surface area contributed by atoms with Crippen LogP contribution in [0.2, 0.25) is 1.41 Å². The average Bonchev–Trinajstić information content (AvgIpc) is 2.58. The molecule has 0 aliphatic rings. The summed E-state index contributed by atoms with van der Waals surface area (Å²) in [5, 5.41) is 37.5. The molecule has 0 fully saturated rings. The molecule has 4 N–H and O–H groups in total. The minimum absolute atomic E-state index is 0.110. The van der Waals surface area contributed by atoms with Gasteiger partial charge in [-0.1, -0.05) is 5.04 Å². The summed E-state index contributed by atoms with van der Waals surface area (Å²) in [4.78, 5) is 0.365. The summed E-state index contributed by atoms with van der Waals surface area (Å²) in [5.41, 5.74) is 3.78. The van der Waals surface area contributed by atoms with Crippen LogP contribution in [0, 0.1) is 5.52 Å². The molecule has 9 nitrogen and oxygen atoms in total. The zero-order valence-electron chi connectivity index (χ0n) is 12.4. The van der Waals surface area contributed by atoms with Gasteiger partial charge < -0.3 is 10.4 Å². The lowest BCUT2D eigenvalue weighted by atomic mass is 10.1. The summed E-state index contributed by atoms with van der Waals surface area (Å²) >= 11 is 0.656. The number of hydrogen-bond acceptors (Lipinski definition) is 10. The van der Waals surface area contributed by atoms with Crippen LogP contribution >= 0.6 is 12.0 Å². The number of anilines is 1. The molecule has 0 atom stereocenters. The van der Waals surface area contributed by atoms with E-state index >= 15 is 0 Å². The Morgan fingerprint density at radius 3 is 3.05 bits per heavy atom. The second-order valence-electron chi connectivity index (χ2n) is 4.01. The Morgan fingerprint density at radius 2 is 2.32 bits per heavy atom. The van der Waals surface area contributed by atoms with Gasteiger partial charge in [0.25, 0.3) is 0 Å². The topological polar surface area (TPSA) is 132 Å². The van der Waals surface area contributed by atoms with Gasteiger partial charge in [0.15, 0.2) is 12.4 Å². The Balaban J connectivity index is 2.52. The Morgan fingerprint density at radius 1 is 1.45 bits per heavy atom. The van der Waals surface area contributed by atoms with Gasteiger partial charge in [-0.25, -0.2) is 10.8 Å². The molecule has 0 aliphatic heterocycles. The normalized spacial score (nSPS) is 12.4. The lowest BCUT2D eigenvalue weighted by Crippen LogP contribution is -1.88. The van der Waals surface area contributed by atoms with Crippen molar-refractivity contribution in [3.05, 3.63) is 24.3 Å². The fraction of sp³-hybridized carbons (Fsp3) is 0.167. The van der Waals surface area contributed by atoms with E-state index in [4.69, 9.17) is 6.67 Å². The third-order valence-electron chi connectivity index (χ3n) is 2.79. The lowest BCUT2D eigenvalue weighted by molar-refractivity contribution is -0.432. The molecule has 22 heavy (non-hydrogen) atoms. The highest BCUT2D eigenvalue weighted by molar-refractivity contribution is 7.94. The van der Waals surface area contributed by atoms with Gasteiger partial charge in [0.05, 0.1) is 16.9 Å². The van der Waals surface area contributed by atoms with Crippen molar-refractivity contribution in [1.29, 1.82) is 5.52 Å². The molecule has 0 spiro atoms. The van der Waals surface area contributed by atoms with E-state index in [0.717, 1.165) is 11.1 Å². The second-order valence-corrected chi connectivity index (χ2v) is 4.75. The number of rotatable bonds is 7. The standard InChI is InChI=1S/C12H13N5O4S/c1-14-8-2-3-9-7(4-8)5-10(22-21-20-19)11(12(9)18)17-16-6-15-13/h2-5,13-14,18-19H,6H2,1H3/i/hD. The Bertz CT molecular complexity index is 743. The predicted octanol–water partition coefficient (Wildman–Crippen LogP) is 4.09. The van der Waals surface area contributed by atoms with Crippen LogP contribution in [0.5, 0.6) is 5.75 Å². The van der Waals surface area contributed by atoms with Crippen molar-refractivity contribution in [1.82, 2.24) is 0 Å². The maximum Gasteiger partial charge on any atom is 0.213 e. The molecule has 0 saturated heterocycles. The maximum atomic E-state index is 10.4. The van der Waals surface area contributed by atoms with E-state index in [1.165, 1.54) is 0 Å². The number of hydrogen-bond donors (Lipinski definition) is 4. The third kappa shape index (κ3) is 3.49. The van der Waals surface area contributed by atoms with Crippen molar-refractivity contribution in [2.24, 2.45) is 15.3 Å². The first-order valence-electron chi connectivity index (χ1n) is 6.46. The number of nitrogens with zero attached hydrogens (tertiary/aromatic N) is 3. The van der Waals surface area contributed by atoms with Crippen LogP contribution in [0.15, 0.2) is 44.5 Å². The van der Waals surface area contributed by atoms with Crippen molar-refractivity contribution < 1.29 is 21.1 Å². The summed E-state index contributed by atoms with van der Waals surface area (Å²) < 4.78 is 11.0. The quantitative estimate of drug-likeness (QED) is 0.262. The molecule has 0 saturated carbocycles. The number of benzene rings is 2. The monoisotopic (exact) mass is 324 g/mol. The first-order chi connectivity index (χ1) is 11.2. The molecule has 0 aliphatic carbocycles. The van der Waals surface area contributed by atoms with Gasteiger partial charge in [0.2, 0.25) is 1.41 Å². The first-order valence-corrected chi connectivity index (χ1v) is 6.76. The number of fused-ring (bicyclic) bond motifs is 1. The van der Waals surface area contributed by atoms with E-state index in [1.54, 1.807) is 25.2 Å². The highest BCUT2D eigenvalue weighted by Crippen LogP contribution is 2.43. The molecule has 0 aromatic heterocycles. The van der Waals surface area contributed by atoms with Crippen LogP contribution in [-0.4, -0.2) is 24.1 Å². The minimum Gasteiger partial charge on any atom is -0.505 e. The zero-order chi connectivity index (χ0) is 16.7. The van der Waals surface area contributed by atoms with Crippen LogP contribution < -0.4 is 5.32 Å². The third-order valence-corrected chi connectivity index (χ3v) is 3.41. The molecule has 0 heterocycles. The number of phenolic OH excluding ortho intramolecular Hbond substituents is 1. The number of phenols is 1. The average molecular weight is 324 g/mol. The summed E-state index contributed by atoms with van der Waals surface area (Å²) in [6.07, 6.45) is 0. The van der Waals surface area contributed by atoms with Crippen LogP contribution in [0.4, 0.5) is 11.4 Å². The summed E-state index contributed by atoms with van der Waals surface area (Å²) in [7, 11) is 1.78. The van der Waals surface area contributed by atoms with E-state index in [1.807, 2.05) is 6.07 Å². The van der Waals surface area contributed by atoms with Crippen LogP contribution in [0.25, 0.3) is 10.8 Å². The van der Waals surface area contributed by atoms with E-state index in [9.17, 15) is 5.11 Å². The molecular weight excluding hydrogens is 310 g/mol. The van der Waals surface area contributed by atoms with E-state index in [2.05, 4.69) is 35.6 Å². The van der Waals surface area contributed by atoms with Gasteiger partial charge in [0, 0.05) is 18.1 Å². The molecular formula is C12H13N5O4S. The van der Waals surface area contributed by atoms with Gasteiger partial charge in [-0.3, -0.25) is 0 Å². The molecule has 2 aromatic carbocycles. The highest BCUT2D eigenvalue weighted by Gasteiger charge is 2.15. The van der Waals surface area contributed by atoms with Crippen LogP contribution in [-0.2, 0) is 9.37 Å². The zero-order valence-corrected chi connectivity index (χ0v) is 12.2. The van der Waals surface area contributed by atoms with Crippen molar-refractivity contribution >= 4 is 34.2 Å². The minimum atomic E-state index is -0.152. The van der Waals surface area contributed by atoms with Crippen molar-refractivity contribution in [3.63, 3.8) is 0 Å². The van der Waals surface area contributed by atoms with Gasteiger partial charge in [-0.05, 0) is 29.7 Å². The molecule has 10 heteroatoms. The summed E-state index contributed by atoms with van der Waals surface area (Å²) in [6.45, 7) is -0.152. The molecule has 0 radical (unpaired) electrons. The SMILES string of the molecule is [2H]N=NCN=Nc1c(SOOO)cc2cc(NC)ccc2c1O. The molecule has 116 valence electrons. The number of aromatic hydroxyl groups is 1. The van der Waals surface area contributed by atoms with E-state index in [-0.39, 0.29) is 18.1 Å². The lowest BCUT2D eigenvalue weighted by Gasteiger charge is -2.10. The smallest absolute Gasteiger partial charge is 0.213 e. The fourth-order valence-electron chi connectivity index (χ4n) is 1.85. The Hall–Kier alpha value is -2.27.